The number of carbonyl (C=O) groups is 2. The summed E-state index contributed by atoms with van der Waals surface area (Å²) in [4.78, 5) is 42.8. The van der Waals surface area contributed by atoms with Gasteiger partial charge < -0.3 is 19.3 Å². The number of ether oxygens (including phenoxy) is 2. The summed E-state index contributed by atoms with van der Waals surface area (Å²) in [5.41, 5.74) is 0. The largest absolute Gasteiger partial charge is 0.469 e. The first-order valence-corrected chi connectivity index (χ1v) is 21.4. The molecule has 0 spiro atoms. The van der Waals surface area contributed by atoms with Crippen LogP contribution in [0.15, 0.2) is 122 Å². The first kappa shape index (κ1) is 50.5. The Morgan fingerprint density at radius 1 is 0.481 bits per heavy atom. The molecule has 0 aromatic rings. The number of phosphoric acid groups is 1. The van der Waals surface area contributed by atoms with Crippen LogP contribution in [0.1, 0.15) is 129 Å². The molecule has 302 valence electrons. The minimum absolute atomic E-state index is 0.152. The summed E-state index contributed by atoms with van der Waals surface area (Å²) in [5, 5.41) is 0. The maximum absolute atomic E-state index is 12.4. The number of phosphoric ester groups is 1. The molecule has 0 heterocycles. The lowest BCUT2D eigenvalue weighted by Crippen LogP contribution is -2.29. The Morgan fingerprint density at radius 3 is 1.26 bits per heavy atom. The van der Waals surface area contributed by atoms with Gasteiger partial charge in [0.05, 0.1) is 6.61 Å². The fourth-order valence-corrected chi connectivity index (χ4v) is 4.97. The van der Waals surface area contributed by atoms with Gasteiger partial charge in [0.2, 0.25) is 0 Å². The van der Waals surface area contributed by atoms with Gasteiger partial charge in [0.15, 0.2) is 6.10 Å². The highest BCUT2D eigenvalue weighted by Gasteiger charge is 2.22. The molecule has 0 unspecified atom stereocenters. The maximum Gasteiger partial charge on any atom is 0.469 e. The van der Waals surface area contributed by atoms with E-state index in [0.717, 1.165) is 83.5 Å². The Labute approximate surface area is 327 Å². The zero-order valence-electron chi connectivity index (χ0n) is 33.1. The zero-order chi connectivity index (χ0) is 39.6. The molecular formula is C45H69O8P. The third-order valence-electron chi connectivity index (χ3n) is 7.48. The van der Waals surface area contributed by atoms with Crippen molar-refractivity contribution in [2.75, 3.05) is 13.2 Å². The van der Waals surface area contributed by atoms with Crippen molar-refractivity contribution in [1.29, 1.82) is 0 Å². The highest BCUT2D eigenvalue weighted by molar-refractivity contribution is 7.46. The van der Waals surface area contributed by atoms with Crippen LogP contribution in [0.4, 0.5) is 0 Å². The van der Waals surface area contributed by atoms with E-state index in [1.165, 1.54) is 0 Å². The Morgan fingerprint density at radius 2 is 0.852 bits per heavy atom. The van der Waals surface area contributed by atoms with E-state index in [9.17, 15) is 14.2 Å². The molecule has 8 nitrogen and oxygen atoms in total. The van der Waals surface area contributed by atoms with Gasteiger partial charge in [-0.05, 0) is 96.3 Å². The van der Waals surface area contributed by atoms with Crippen molar-refractivity contribution in [2.45, 2.75) is 136 Å². The summed E-state index contributed by atoms with van der Waals surface area (Å²) in [6.45, 7) is 3.35. The van der Waals surface area contributed by atoms with Crippen molar-refractivity contribution in [3.63, 3.8) is 0 Å². The number of hydrogen-bond donors (Lipinski definition) is 2. The summed E-state index contributed by atoms with van der Waals surface area (Å²) < 4.78 is 26.3. The van der Waals surface area contributed by atoms with Crippen molar-refractivity contribution in [1.82, 2.24) is 0 Å². The number of hydrogen-bond acceptors (Lipinski definition) is 6. The first-order valence-electron chi connectivity index (χ1n) is 19.8. The monoisotopic (exact) mass is 768 g/mol. The Bertz CT molecular complexity index is 1280. The first-order chi connectivity index (χ1) is 26.3. The summed E-state index contributed by atoms with van der Waals surface area (Å²) in [5.74, 6) is -1.01. The quantitative estimate of drug-likeness (QED) is 0.0287. The number of allylic oxidation sites excluding steroid dienone is 20. The van der Waals surface area contributed by atoms with Gasteiger partial charge in [0, 0.05) is 12.8 Å². The summed E-state index contributed by atoms with van der Waals surface area (Å²) in [6, 6.07) is 0. The van der Waals surface area contributed by atoms with Crippen LogP contribution < -0.4 is 0 Å². The number of rotatable bonds is 34. The minimum atomic E-state index is -4.79. The lowest BCUT2D eigenvalue weighted by molar-refractivity contribution is -0.161. The third kappa shape index (κ3) is 41.2. The van der Waals surface area contributed by atoms with Crippen molar-refractivity contribution in [2.24, 2.45) is 0 Å². The molecular weight excluding hydrogens is 699 g/mol. The second-order valence-corrected chi connectivity index (χ2v) is 13.7. The van der Waals surface area contributed by atoms with E-state index in [4.69, 9.17) is 19.3 Å². The van der Waals surface area contributed by atoms with Crippen LogP contribution in [0.5, 0.6) is 0 Å². The molecule has 0 rings (SSSR count). The van der Waals surface area contributed by atoms with Crippen LogP contribution in [0, 0.1) is 0 Å². The molecule has 0 aromatic heterocycles. The van der Waals surface area contributed by atoms with Gasteiger partial charge in [0.25, 0.3) is 0 Å². The molecule has 0 radical (unpaired) electrons. The van der Waals surface area contributed by atoms with Gasteiger partial charge >= 0.3 is 19.8 Å². The molecule has 0 aliphatic heterocycles. The average Bonchev–Trinajstić information content (AvgIpc) is 3.14. The van der Waals surface area contributed by atoms with Crippen LogP contribution >= 0.6 is 7.82 Å². The SMILES string of the molecule is CC/C=C/C/C=C/C/C=C/C/C=C/C/C=C/CCCCCC(=O)O[C@H](COC(=O)CCC/C=C/C/C=C/C/C=C/C/C=C/C/C=C/CC)COP(=O)(O)O. The number of carbonyl (C=O) groups excluding carboxylic acids is 2. The topological polar surface area (TPSA) is 119 Å². The smallest absolute Gasteiger partial charge is 0.462 e. The van der Waals surface area contributed by atoms with Crippen LogP contribution in [-0.2, 0) is 28.2 Å². The van der Waals surface area contributed by atoms with Crippen LogP contribution in [-0.4, -0.2) is 41.0 Å². The molecule has 0 aliphatic rings. The van der Waals surface area contributed by atoms with E-state index < -0.39 is 32.5 Å². The minimum Gasteiger partial charge on any atom is -0.462 e. The summed E-state index contributed by atoms with van der Waals surface area (Å²) >= 11 is 0. The molecule has 0 bridgehead atoms. The highest BCUT2D eigenvalue weighted by Crippen LogP contribution is 2.35. The average molecular weight is 769 g/mol. The van der Waals surface area contributed by atoms with E-state index in [0.29, 0.717) is 19.3 Å². The molecule has 0 amide bonds. The fraction of sp³-hybridized carbons (Fsp3) is 0.511. The Kier molecular flexibility index (Phi) is 36.6. The van der Waals surface area contributed by atoms with Gasteiger partial charge in [-0.25, -0.2) is 4.57 Å². The summed E-state index contributed by atoms with van der Waals surface area (Å²) in [6.07, 6.45) is 56.4. The van der Waals surface area contributed by atoms with E-state index in [-0.39, 0.29) is 19.4 Å². The maximum atomic E-state index is 12.4. The summed E-state index contributed by atoms with van der Waals surface area (Å²) in [7, 11) is -4.79. The van der Waals surface area contributed by atoms with E-state index in [1.807, 2.05) is 6.08 Å². The molecule has 54 heavy (non-hydrogen) atoms. The number of unbranched alkanes of at least 4 members (excludes halogenated alkanes) is 4. The van der Waals surface area contributed by atoms with Gasteiger partial charge in [-0.1, -0.05) is 142 Å². The van der Waals surface area contributed by atoms with Crippen LogP contribution in [0.2, 0.25) is 0 Å². The highest BCUT2D eigenvalue weighted by atomic mass is 31.2. The van der Waals surface area contributed by atoms with Crippen molar-refractivity contribution in [3.8, 4) is 0 Å². The molecule has 9 heteroatoms. The van der Waals surface area contributed by atoms with E-state index in [1.54, 1.807) is 0 Å². The van der Waals surface area contributed by atoms with Gasteiger partial charge in [-0.3, -0.25) is 14.1 Å². The fourth-order valence-electron chi connectivity index (χ4n) is 4.61. The Hall–Kier alpha value is -3.55. The lowest BCUT2D eigenvalue weighted by atomic mass is 10.1. The molecule has 0 aliphatic carbocycles. The molecule has 0 saturated carbocycles. The van der Waals surface area contributed by atoms with E-state index in [2.05, 4.69) is 134 Å². The zero-order valence-corrected chi connectivity index (χ0v) is 34.0. The normalized spacial score (nSPS) is 13.8. The number of esters is 2. The molecule has 0 aromatic carbocycles. The van der Waals surface area contributed by atoms with Crippen LogP contribution in [0.3, 0.4) is 0 Å². The molecule has 0 fully saturated rings. The van der Waals surface area contributed by atoms with Crippen molar-refractivity contribution in [3.05, 3.63) is 122 Å². The molecule has 2 N–H and O–H groups in total. The predicted octanol–water partition coefficient (Wildman–Crippen LogP) is 12.2. The second-order valence-electron chi connectivity index (χ2n) is 12.5. The van der Waals surface area contributed by atoms with Crippen LogP contribution in [0.25, 0.3) is 0 Å². The van der Waals surface area contributed by atoms with E-state index >= 15 is 0 Å². The predicted molar refractivity (Wildman–Crippen MR) is 225 cm³/mol. The lowest BCUT2D eigenvalue weighted by Gasteiger charge is -2.18. The van der Waals surface area contributed by atoms with Gasteiger partial charge in [-0.15, -0.1) is 0 Å². The standard InChI is InChI=1S/C45H69O8P/c1-3-5-7-9-11-13-15-17-19-21-22-24-26-28-30-32-34-36-38-40-45(47)53-43(42-52-54(48,49)50)41-51-44(46)39-37-35-33-31-29-27-25-23-20-18-16-14-12-10-8-6-4-2/h5-8,11-14,17-20,22,24-25,27-28,30-31,33,43H,3-4,9-10,15-16,21,23,26,29,32,34-42H2,1-2H3,(H2,48,49,50)/b7-5+,8-6+,13-11+,14-12+,19-17+,20-18+,24-22+,27-25+,30-28+,33-31+/t43-/m1/s1. The molecule has 1 atom stereocenters. The third-order valence-corrected chi connectivity index (χ3v) is 7.96. The Balaban J connectivity index is 4.15. The van der Waals surface area contributed by atoms with Crippen molar-refractivity contribution >= 4 is 19.8 Å². The second kappa shape index (κ2) is 39.2. The van der Waals surface area contributed by atoms with Gasteiger partial charge in [-0.2, -0.15) is 0 Å². The van der Waals surface area contributed by atoms with Gasteiger partial charge in [0.1, 0.15) is 6.61 Å². The molecule has 0 saturated heterocycles. The van der Waals surface area contributed by atoms with Crippen molar-refractivity contribution < 1.29 is 37.9 Å².